The Balaban J connectivity index is 1.53. The zero-order valence-corrected chi connectivity index (χ0v) is 17.3. The fraction of sp³-hybridized carbons (Fsp3) is 0.348. The lowest BCUT2D eigenvalue weighted by Crippen LogP contribution is -2.43. The number of rotatable bonds is 3. The molecule has 0 bridgehead atoms. The highest BCUT2D eigenvalue weighted by Crippen LogP contribution is 2.28. The van der Waals surface area contributed by atoms with Crippen LogP contribution in [0.15, 0.2) is 46.9 Å². The fourth-order valence-electron chi connectivity index (χ4n) is 3.64. The molecule has 1 fully saturated rings. The summed E-state index contributed by atoms with van der Waals surface area (Å²) in [5, 5.41) is 12.9. The van der Waals surface area contributed by atoms with Gasteiger partial charge in [0.15, 0.2) is 5.58 Å². The number of phenols is 1. The SMILES string of the molecule is CC(C)(C)c1nc2cc(NC(=O)[C@@H]3CCCN3C(=O)c3ccccc3O)ccc2o1. The lowest BCUT2D eigenvalue weighted by molar-refractivity contribution is -0.119. The summed E-state index contributed by atoms with van der Waals surface area (Å²) in [6, 6.07) is 11.1. The number of carbonyl (C=O) groups is 2. The van der Waals surface area contributed by atoms with Crippen LogP contribution in [-0.4, -0.2) is 39.4 Å². The van der Waals surface area contributed by atoms with Crippen molar-refractivity contribution < 1.29 is 19.1 Å². The third kappa shape index (κ3) is 3.75. The minimum absolute atomic E-state index is 0.0836. The highest BCUT2D eigenvalue weighted by Gasteiger charge is 2.35. The molecule has 0 unspecified atom stereocenters. The van der Waals surface area contributed by atoms with Crippen LogP contribution >= 0.6 is 0 Å². The van der Waals surface area contributed by atoms with Crippen LogP contribution < -0.4 is 5.32 Å². The Hall–Kier alpha value is -3.35. The summed E-state index contributed by atoms with van der Waals surface area (Å²) in [6.45, 7) is 6.55. The van der Waals surface area contributed by atoms with Crippen LogP contribution in [0.1, 0.15) is 49.9 Å². The Morgan fingerprint density at radius 3 is 2.70 bits per heavy atom. The summed E-state index contributed by atoms with van der Waals surface area (Å²) in [7, 11) is 0. The third-order valence-electron chi connectivity index (χ3n) is 5.25. The summed E-state index contributed by atoms with van der Waals surface area (Å²) < 4.78 is 5.80. The second-order valence-electron chi connectivity index (χ2n) is 8.61. The van der Waals surface area contributed by atoms with Crippen LogP contribution in [0.3, 0.4) is 0 Å². The van der Waals surface area contributed by atoms with Gasteiger partial charge in [-0.3, -0.25) is 9.59 Å². The van der Waals surface area contributed by atoms with Gasteiger partial charge in [-0.1, -0.05) is 32.9 Å². The molecule has 1 aromatic heterocycles. The molecule has 2 N–H and O–H groups in total. The summed E-state index contributed by atoms with van der Waals surface area (Å²) in [4.78, 5) is 31.9. The van der Waals surface area contributed by atoms with Crippen molar-refractivity contribution in [3.05, 3.63) is 53.9 Å². The van der Waals surface area contributed by atoms with Crippen LogP contribution in [0.25, 0.3) is 11.1 Å². The third-order valence-corrected chi connectivity index (χ3v) is 5.25. The largest absolute Gasteiger partial charge is 0.507 e. The lowest BCUT2D eigenvalue weighted by atomic mass is 9.97. The number of phenolic OH excluding ortho intramolecular Hbond substituents is 1. The molecule has 0 spiro atoms. The van der Waals surface area contributed by atoms with Crippen LogP contribution in [-0.2, 0) is 10.2 Å². The second-order valence-corrected chi connectivity index (χ2v) is 8.61. The topological polar surface area (TPSA) is 95.7 Å². The molecule has 1 atom stereocenters. The Kier molecular flexibility index (Phi) is 4.97. The van der Waals surface area contributed by atoms with Crippen molar-refractivity contribution in [2.75, 3.05) is 11.9 Å². The second kappa shape index (κ2) is 7.48. The van der Waals surface area contributed by atoms with Crippen molar-refractivity contribution in [2.45, 2.75) is 45.1 Å². The van der Waals surface area contributed by atoms with Gasteiger partial charge < -0.3 is 19.7 Å². The van der Waals surface area contributed by atoms with Gasteiger partial charge in [-0.25, -0.2) is 4.98 Å². The minimum atomic E-state index is -0.588. The number of nitrogens with zero attached hydrogens (tertiary/aromatic N) is 2. The molecule has 1 aliphatic rings. The van der Waals surface area contributed by atoms with Crippen molar-refractivity contribution in [2.24, 2.45) is 0 Å². The van der Waals surface area contributed by atoms with Crippen LogP contribution in [0, 0.1) is 0 Å². The number of para-hydroxylation sites is 1. The van der Waals surface area contributed by atoms with E-state index in [2.05, 4.69) is 10.3 Å². The van der Waals surface area contributed by atoms with Gasteiger partial charge in [-0.2, -0.15) is 0 Å². The molecule has 2 amide bonds. The minimum Gasteiger partial charge on any atom is -0.507 e. The van der Waals surface area contributed by atoms with Gasteiger partial charge in [-0.15, -0.1) is 0 Å². The zero-order valence-electron chi connectivity index (χ0n) is 17.3. The van der Waals surface area contributed by atoms with E-state index in [1.54, 1.807) is 36.4 Å². The molecule has 30 heavy (non-hydrogen) atoms. The summed E-state index contributed by atoms with van der Waals surface area (Å²) in [5.41, 5.74) is 1.93. The predicted molar refractivity (Wildman–Crippen MR) is 114 cm³/mol. The van der Waals surface area contributed by atoms with Gasteiger partial charge in [0.1, 0.15) is 17.3 Å². The highest BCUT2D eigenvalue weighted by molar-refractivity contribution is 6.03. The lowest BCUT2D eigenvalue weighted by Gasteiger charge is -2.24. The fourth-order valence-corrected chi connectivity index (χ4v) is 3.64. The van der Waals surface area contributed by atoms with Crippen molar-refractivity contribution in [1.82, 2.24) is 9.88 Å². The van der Waals surface area contributed by atoms with Gasteiger partial charge in [-0.05, 0) is 43.2 Å². The molecule has 3 aromatic rings. The molecular formula is C23H25N3O4. The number of hydrogen-bond acceptors (Lipinski definition) is 5. The Morgan fingerprint density at radius 1 is 1.20 bits per heavy atom. The first-order chi connectivity index (χ1) is 14.2. The molecule has 0 saturated carbocycles. The van der Waals surface area contributed by atoms with Crippen molar-refractivity contribution in [3.8, 4) is 5.75 Å². The molecular weight excluding hydrogens is 382 g/mol. The smallest absolute Gasteiger partial charge is 0.258 e. The number of hydrogen-bond donors (Lipinski definition) is 2. The molecule has 2 aromatic carbocycles. The number of aromatic nitrogens is 1. The number of likely N-dealkylation sites (tertiary alicyclic amines) is 1. The number of carbonyl (C=O) groups excluding carboxylic acids is 2. The van der Waals surface area contributed by atoms with Crippen LogP contribution in [0.5, 0.6) is 5.75 Å². The molecule has 1 saturated heterocycles. The number of fused-ring (bicyclic) bond motifs is 1. The normalized spacial score (nSPS) is 16.8. The molecule has 7 nitrogen and oxygen atoms in total. The number of oxazole rings is 1. The van der Waals surface area contributed by atoms with E-state index in [1.165, 1.54) is 11.0 Å². The number of anilines is 1. The maximum Gasteiger partial charge on any atom is 0.258 e. The number of aromatic hydroxyl groups is 1. The van der Waals surface area contributed by atoms with Gasteiger partial charge in [0.2, 0.25) is 11.8 Å². The monoisotopic (exact) mass is 407 g/mol. The summed E-state index contributed by atoms with van der Waals surface area (Å²) in [5.74, 6) is -0.0430. The number of amides is 2. The standard InChI is InChI=1S/C23H25N3O4/c1-23(2,3)22-25-16-13-14(10-11-19(16)30-22)24-20(28)17-8-6-12-26(17)21(29)15-7-4-5-9-18(15)27/h4-5,7,9-11,13,17,27H,6,8,12H2,1-3H3,(H,24,28)/t17-/m0/s1. The molecule has 4 rings (SSSR count). The van der Waals surface area contributed by atoms with Gasteiger partial charge in [0.05, 0.1) is 5.56 Å². The summed E-state index contributed by atoms with van der Waals surface area (Å²) in [6.07, 6.45) is 1.31. The average molecular weight is 407 g/mol. The highest BCUT2D eigenvalue weighted by atomic mass is 16.3. The molecule has 7 heteroatoms. The van der Waals surface area contributed by atoms with E-state index in [4.69, 9.17) is 4.42 Å². The van der Waals surface area contributed by atoms with E-state index < -0.39 is 6.04 Å². The molecule has 2 heterocycles. The van der Waals surface area contributed by atoms with E-state index in [0.717, 1.165) is 6.42 Å². The maximum atomic E-state index is 12.9. The number of nitrogens with one attached hydrogen (secondary N) is 1. The average Bonchev–Trinajstić information content (AvgIpc) is 3.34. The molecule has 1 aliphatic heterocycles. The van der Waals surface area contributed by atoms with Crippen molar-refractivity contribution in [3.63, 3.8) is 0 Å². The van der Waals surface area contributed by atoms with Crippen molar-refractivity contribution >= 4 is 28.6 Å². The van der Waals surface area contributed by atoms with E-state index in [0.29, 0.717) is 35.6 Å². The van der Waals surface area contributed by atoms with E-state index in [9.17, 15) is 14.7 Å². The Morgan fingerprint density at radius 2 is 1.97 bits per heavy atom. The summed E-state index contributed by atoms with van der Waals surface area (Å²) >= 11 is 0. The first-order valence-electron chi connectivity index (χ1n) is 10.0. The van der Waals surface area contributed by atoms with E-state index >= 15 is 0 Å². The van der Waals surface area contributed by atoms with Crippen LogP contribution in [0.4, 0.5) is 5.69 Å². The maximum absolute atomic E-state index is 12.9. The van der Waals surface area contributed by atoms with Gasteiger partial charge in [0.25, 0.3) is 5.91 Å². The Bertz CT molecular complexity index is 1110. The molecule has 156 valence electrons. The zero-order chi connectivity index (χ0) is 21.5. The molecule has 0 radical (unpaired) electrons. The Labute approximate surface area is 174 Å². The van der Waals surface area contributed by atoms with Crippen LogP contribution in [0.2, 0.25) is 0 Å². The first kappa shape index (κ1) is 19.9. The van der Waals surface area contributed by atoms with E-state index in [1.807, 2.05) is 20.8 Å². The van der Waals surface area contributed by atoms with Gasteiger partial charge >= 0.3 is 0 Å². The van der Waals surface area contributed by atoms with Crippen molar-refractivity contribution in [1.29, 1.82) is 0 Å². The number of benzene rings is 2. The molecule has 0 aliphatic carbocycles. The predicted octanol–water partition coefficient (Wildman–Crippen LogP) is 4.07. The quantitative estimate of drug-likeness (QED) is 0.682. The van der Waals surface area contributed by atoms with Gasteiger partial charge in [0, 0.05) is 17.6 Å². The first-order valence-corrected chi connectivity index (χ1v) is 10.0. The van der Waals surface area contributed by atoms with E-state index in [-0.39, 0.29) is 28.5 Å².